The maximum absolute atomic E-state index is 4.87. The van der Waals surface area contributed by atoms with Gasteiger partial charge in [0.25, 0.3) is 0 Å². The number of pyridine rings is 2. The first-order valence-electron chi connectivity index (χ1n) is 9.55. The van der Waals surface area contributed by atoms with E-state index in [4.69, 9.17) is 4.98 Å². The quantitative estimate of drug-likeness (QED) is 0.432. The molecular weight excluding hydrogens is 394 g/mol. The standard InChI is InChI=1S/C22H17N7S/c1-12-3-6-19(30-12)20-14-9-18(25-16(14)7-8-23-20)22-21-17(27-28-22)5-4-15(26-21)13-10-24-29(2)11-13/h3-11,25H,1-2H3,(H,27,28). The van der Waals surface area contributed by atoms with Gasteiger partial charge >= 0.3 is 0 Å². The number of aromatic nitrogens is 7. The van der Waals surface area contributed by atoms with Crippen LogP contribution in [0.4, 0.5) is 0 Å². The van der Waals surface area contributed by atoms with Crippen molar-refractivity contribution in [3.63, 3.8) is 0 Å². The van der Waals surface area contributed by atoms with E-state index in [2.05, 4.69) is 50.4 Å². The van der Waals surface area contributed by atoms with Crippen LogP contribution in [-0.4, -0.2) is 34.9 Å². The van der Waals surface area contributed by atoms with Crippen LogP contribution >= 0.6 is 11.3 Å². The van der Waals surface area contributed by atoms with E-state index in [0.29, 0.717) is 0 Å². The van der Waals surface area contributed by atoms with E-state index in [1.54, 1.807) is 16.0 Å². The van der Waals surface area contributed by atoms with Crippen molar-refractivity contribution in [2.45, 2.75) is 6.92 Å². The number of nitrogens with zero attached hydrogens (tertiary/aromatic N) is 5. The fourth-order valence-electron chi connectivity index (χ4n) is 3.74. The van der Waals surface area contributed by atoms with E-state index in [0.717, 1.165) is 55.2 Å². The molecule has 7 nitrogen and oxygen atoms in total. The lowest BCUT2D eigenvalue weighted by atomic mass is 10.1. The first-order valence-corrected chi connectivity index (χ1v) is 10.4. The Morgan fingerprint density at radius 1 is 1.03 bits per heavy atom. The van der Waals surface area contributed by atoms with Gasteiger partial charge in [0, 0.05) is 40.8 Å². The number of nitrogens with one attached hydrogen (secondary N) is 2. The molecule has 6 aromatic rings. The molecule has 0 aromatic carbocycles. The van der Waals surface area contributed by atoms with Crippen molar-refractivity contribution in [2.75, 3.05) is 0 Å². The lowest BCUT2D eigenvalue weighted by Crippen LogP contribution is -1.86. The summed E-state index contributed by atoms with van der Waals surface area (Å²) in [4.78, 5) is 15.4. The van der Waals surface area contributed by atoms with Gasteiger partial charge < -0.3 is 4.98 Å². The van der Waals surface area contributed by atoms with Gasteiger partial charge in [-0.05, 0) is 43.3 Å². The third-order valence-electron chi connectivity index (χ3n) is 5.19. The zero-order chi connectivity index (χ0) is 20.2. The highest BCUT2D eigenvalue weighted by Crippen LogP contribution is 2.35. The molecule has 0 aliphatic heterocycles. The summed E-state index contributed by atoms with van der Waals surface area (Å²) in [7, 11) is 1.90. The lowest BCUT2D eigenvalue weighted by molar-refractivity contribution is 0.768. The van der Waals surface area contributed by atoms with E-state index in [-0.39, 0.29) is 0 Å². The molecule has 146 valence electrons. The Morgan fingerprint density at radius 2 is 1.97 bits per heavy atom. The fourth-order valence-corrected chi connectivity index (χ4v) is 4.62. The predicted octanol–water partition coefficient (Wildman–Crippen LogP) is 4.94. The van der Waals surface area contributed by atoms with Crippen LogP contribution in [0.25, 0.3) is 55.2 Å². The number of aromatic amines is 2. The van der Waals surface area contributed by atoms with Crippen LogP contribution in [0.3, 0.4) is 0 Å². The molecule has 0 amide bonds. The molecule has 6 rings (SSSR count). The summed E-state index contributed by atoms with van der Waals surface area (Å²) in [6.07, 6.45) is 5.62. The van der Waals surface area contributed by atoms with Crippen LogP contribution in [0, 0.1) is 6.92 Å². The van der Waals surface area contributed by atoms with Gasteiger partial charge in [-0.3, -0.25) is 14.8 Å². The first-order chi connectivity index (χ1) is 14.7. The number of H-pyrrole nitrogens is 2. The predicted molar refractivity (Wildman–Crippen MR) is 119 cm³/mol. The van der Waals surface area contributed by atoms with Crippen LogP contribution in [0.15, 0.2) is 55.0 Å². The highest BCUT2D eigenvalue weighted by Gasteiger charge is 2.16. The molecule has 0 atom stereocenters. The number of rotatable bonds is 3. The van der Waals surface area contributed by atoms with Crippen molar-refractivity contribution >= 4 is 33.3 Å². The Labute approximate surface area is 175 Å². The minimum absolute atomic E-state index is 0.792. The Morgan fingerprint density at radius 3 is 2.77 bits per heavy atom. The molecule has 2 N–H and O–H groups in total. The smallest absolute Gasteiger partial charge is 0.135 e. The van der Waals surface area contributed by atoms with E-state index >= 15 is 0 Å². The van der Waals surface area contributed by atoms with Gasteiger partial charge in [0.15, 0.2) is 0 Å². The summed E-state index contributed by atoms with van der Waals surface area (Å²) < 4.78 is 1.77. The van der Waals surface area contributed by atoms with Gasteiger partial charge in [0.2, 0.25) is 0 Å². The van der Waals surface area contributed by atoms with Gasteiger partial charge in [0.1, 0.15) is 11.2 Å². The maximum atomic E-state index is 4.87. The fraction of sp³-hybridized carbons (Fsp3) is 0.0909. The van der Waals surface area contributed by atoms with Crippen molar-refractivity contribution in [3.8, 4) is 33.2 Å². The number of thiophene rings is 1. The van der Waals surface area contributed by atoms with Crippen molar-refractivity contribution in [1.29, 1.82) is 0 Å². The minimum Gasteiger partial charge on any atom is -0.353 e. The van der Waals surface area contributed by atoms with Crippen molar-refractivity contribution < 1.29 is 0 Å². The molecule has 0 unspecified atom stereocenters. The van der Waals surface area contributed by atoms with Crippen molar-refractivity contribution in [3.05, 3.63) is 59.9 Å². The maximum Gasteiger partial charge on any atom is 0.135 e. The second-order valence-corrected chi connectivity index (χ2v) is 8.57. The number of fused-ring (bicyclic) bond motifs is 2. The molecule has 0 bridgehead atoms. The van der Waals surface area contributed by atoms with Gasteiger partial charge in [-0.2, -0.15) is 10.2 Å². The van der Waals surface area contributed by atoms with E-state index < -0.39 is 0 Å². The molecule has 0 radical (unpaired) electrons. The second-order valence-electron chi connectivity index (χ2n) is 7.28. The summed E-state index contributed by atoms with van der Waals surface area (Å²) >= 11 is 1.75. The average molecular weight is 411 g/mol. The molecule has 0 saturated carbocycles. The van der Waals surface area contributed by atoms with Crippen molar-refractivity contribution in [1.82, 2.24) is 34.9 Å². The van der Waals surface area contributed by atoms with Crippen LogP contribution in [-0.2, 0) is 7.05 Å². The average Bonchev–Trinajstić information content (AvgIpc) is 3.52. The first kappa shape index (κ1) is 17.1. The molecule has 8 heteroatoms. The largest absolute Gasteiger partial charge is 0.353 e. The van der Waals surface area contributed by atoms with Crippen molar-refractivity contribution in [2.24, 2.45) is 7.05 Å². The zero-order valence-corrected chi connectivity index (χ0v) is 17.2. The number of aryl methyl sites for hydroxylation is 2. The topological polar surface area (TPSA) is 88.1 Å². The Bertz CT molecular complexity index is 1530. The molecule has 6 heterocycles. The molecule has 0 spiro atoms. The van der Waals surface area contributed by atoms with Crippen LogP contribution in [0.5, 0.6) is 0 Å². The minimum atomic E-state index is 0.792. The van der Waals surface area contributed by atoms with E-state index in [1.807, 2.05) is 43.8 Å². The Balaban J connectivity index is 1.52. The third kappa shape index (κ3) is 2.65. The Kier molecular flexibility index (Phi) is 3.63. The van der Waals surface area contributed by atoms with Gasteiger partial charge in [-0.15, -0.1) is 11.3 Å². The monoisotopic (exact) mass is 411 g/mol. The van der Waals surface area contributed by atoms with Gasteiger partial charge in [-0.1, -0.05) is 0 Å². The summed E-state index contributed by atoms with van der Waals surface area (Å²) in [5.74, 6) is 0. The number of hydrogen-bond donors (Lipinski definition) is 2. The molecule has 30 heavy (non-hydrogen) atoms. The molecule has 0 aliphatic carbocycles. The summed E-state index contributed by atoms with van der Waals surface area (Å²) in [5, 5.41) is 13.0. The van der Waals surface area contributed by atoms with Crippen LogP contribution in [0.2, 0.25) is 0 Å². The second kappa shape index (κ2) is 6.36. The molecule has 0 aliphatic rings. The highest BCUT2D eigenvalue weighted by atomic mass is 32.1. The summed E-state index contributed by atoms with van der Waals surface area (Å²) in [5.41, 5.74) is 7.27. The van der Waals surface area contributed by atoms with E-state index in [1.165, 1.54) is 4.88 Å². The molecular formula is C22H17N7S. The normalized spacial score (nSPS) is 11.7. The lowest BCUT2D eigenvalue weighted by Gasteiger charge is -1.98. The zero-order valence-electron chi connectivity index (χ0n) is 16.3. The van der Waals surface area contributed by atoms with Crippen LogP contribution < -0.4 is 0 Å². The Hall–Kier alpha value is -3.78. The van der Waals surface area contributed by atoms with E-state index in [9.17, 15) is 0 Å². The highest BCUT2D eigenvalue weighted by molar-refractivity contribution is 7.15. The molecule has 0 fully saturated rings. The number of hydrogen-bond acceptors (Lipinski definition) is 5. The summed E-state index contributed by atoms with van der Waals surface area (Å²) in [6.45, 7) is 2.11. The van der Waals surface area contributed by atoms with Gasteiger partial charge in [-0.25, -0.2) is 4.98 Å². The molecule has 0 saturated heterocycles. The third-order valence-corrected chi connectivity index (χ3v) is 6.19. The molecule has 6 aromatic heterocycles. The summed E-state index contributed by atoms with van der Waals surface area (Å²) in [6, 6.07) is 12.3. The van der Waals surface area contributed by atoms with Crippen LogP contribution in [0.1, 0.15) is 4.88 Å². The van der Waals surface area contributed by atoms with Gasteiger partial charge in [0.05, 0.1) is 33.7 Å². The SMILES string of the molecule is Cc1ccc(-c2nccc3[nH]c(-c4n[nH]c5ccc(-c6cnn(C)c6)nc45)cc23)s1.